The van der Waals surface area contributed by atoms with Crippen molar-refractivity contribution in [2.75, 3.05) is 25.2 Å². The summed E-state index contributed by atoms with van der Waals surface area (Å²) < 4.78 is 19.8. The molecule has 2 N–H and O–H groups in total. The minimum atomic E-state index is -1.07. The van der Waals surface area contributed by atoms with Crippen LogP contribution in [-0.4, -0.2) is 63.7 Å². The third-order valence-electron chi connectivity index (χ3n) is 6.84. The predicted octanol–water partition coefficient (Wildman–Crippen LogP) is 2.44. The Morgan fingerprint density at radius 3 is 2.89 bits per heavy atom. The number of amides is 2. The second kappa shape index (κ2) is 10.7. The van der Waals surface area contributed by atoms with E-state index in [0.717, 1.165) is 15.9 Å². The fraction of sp³-hybridized carbons (Fsp3) is 0.357. The third-order valence-corrected chi connectivity index (χ3v) is 6.84. The molecule has 0 saturated carbocycles. The molecule has 0 unspecified atom stereocenters. The van der Waals surface area contributed by atoms with Crippen molar-refractivity contribution < 1.29 is 23.8 Å². The van der Waals surface area contributed by atoms with Crippen molar-refractivity contribution in [3.63, 3.8) is 0 Å². The van der Waals surface area contributed by atoms with Crippen LogP contribution < -0.4 is 10.2 Å². The molecule has 38 heavy (non-hydrogen) atoms. The van der Waals surface area contributed by atoms with Gasteiger partial charge in [-0.25, -0.2) is 9.78 Å². The number of hydrogen-bond acceptors (Lipinski definition) is 6. The van der Waals surface area contributed by atoms with E-state index < -0.39 is 23.6 Å². The van der Waals surface area contributed by atoms with Gasteiger partial charge in [0.1, 0.15) is 11.6 Å². The molecule has 3 aromatic rings. The molecule has 2 aliphatic rings. The zero-order valence-electron chi connectivity index (χ0n) is 21.0. The summed E-state index contributed by atoms with van der Waals surface area (Å²) in [7, 11) is 1.67. The SMILES string of the molecule is CN1C(=O)[C@@H](NC(=O)n2cc(Cc3cccc(F)n3)cn2)CCc2ccc(C#CC3(O)CCOCC3)cc21. The highest BCUT2D eigenvalue weighted by molar-refractivity contribution is 6.00. The lowest BCUT2D eigenvalue weighted by atomic mass is 9.94. The van der Waals surface area contributed by atoms with Crippen LogP contribution in [0.3, 0.4) is 0 Å². The molecule has 1 atom stereocenters. The molecular weight excluding hydrogens is 489 g/mol. The Morgan fingerprint density at radius 2 is 2.11 bits per heavy atom. The number of carbonyl (C=O) groups is 2. The number of pyridine rings is 1. The number of rotatable bonds is 3. The molecule has 4 heterocycles. The van der Waals surface area contributed by atoms with Crippen molar-refractivity contribution in [1.29, 1.82) is 0 Å². The molecule has 1 fully saturated rings. The van der Waals surface area contributed by atoms with Crippen molar-refractivity contribution in [2.45, 2.75) is 43.7 Å². The third kappa shape index (κ3) is 5.74. The number of fused-ring (bicyclic) bond motifs is 1. The molecule has 2 aliphatic heterocycles. The summed E-state index contributed by atoms with van der Waals surface area (Å²) in [4.78, 5) is 31.5. The van der Waals surface area contributed by atoms with Crippen LogP contribution >= 0.6 is 0 Å². The van der Waals surface area contributed by atoms with Crippen molar-refractivity contribution in [3.8, 4) is 11.8 Å². The number of aryl methyl sites for hydroxylation is 1. The van der Waals surface area contributed by atoms with Crippen LogP contribution in [-0.2, 0) is 22.4 Å². The van der Waals surface area contributed by atoms with Gasteiger partial charge in [0.25, 0.3) is 0 Å². The lowest BCUT2D eigenvalue weighted by Crippen LogP contribution is -2.48. The monoisotopic (exact) mass is 517 g/mol. The van der Waals surface area contributed by atoms with Crippen LogP contribution in [0.15, 0.2) is 48.8 Å². The summed E-state index contributed by atoms with van der Waals surface area (Å²) in [6, 6.07) is 8.92. The van der Waals surface area contributed by atoms with E-state index in [9.17, 15) is 19.1 Å². The van der Waals surface area contributed by atoms with Gasteiger partial charge in [0.05, 0.1) is 19.4 Å². The molecule has 1 aromatic carbocycles. The Hall–Kier alpha value is -4.07. The van der Waals surface area contributed by atoms with Crippen LogP contribution in [0.25, 0.3) is 0 Å². The first-order valence-electron chi connectivity index (χ1n) is 12.5. The molecule has 0 spiro atoms. The summed E-state index contributed by atoms with van der Waals surface area (Å²) in [5.41, 5.74) is 2.53. The van der Waals surface area contributed by atoms with Crippen molar-refractivity contribution in [1.82, 2.24) is 20.1 Å². The molecule has 0 bridgehead atoms. The Balaban J connectivity index is 1.26. The van der Waals surface area contributed by atoms with Gasteiger partial charge in [-0.15, -0.1) is 0 Å². The molecule has 0 radical (unpaired) electrons. The fourth-order valence-corrected chi connectivity index (χ4v) is 4.63. The van der Waals surface area contributed by atoms with Gasteiger partial charge in [0.2, 0.25) is 11.9 Å². The number of benzene rings is 1. The number of anilines is 1. The first-order valence-corrected chi connectivity index (χ1v) is 12.5. The average molecular weight is 518 g/mol. The molecule has 2 aromatic heterocycles. The van der Waals surface area contributed by atoms with Crippen LogP contribution in [0.2, 0.25) is 0 Å². The van der Waals surface area contributed by atoms with E-state index in [1.165, 1.54) is 17.2 Å². The van der Waals surface area contributed by atoms with Crippen molar-refractivity contribution in [3.05, 3.63) is 77.1 Å². The lowest BCUT2D eigenvalue weighted by Gasteiger charge is -2.26. The van der Waals surface area contributed by atoms with Crippen LogP contribution in [0.1, 0.15) is 41.6 Å². The van der Waals surface area contributed by atoms with Gasteiger partial charge in [0, 0.05) is 49.5 Å². The summed E-state index contributed by atoms with van der Waals surface area (Å²) >= 11 is 0. The number of ether oxygens (including phenoxy) is 1. The second-order valence-corrected chi connectivity index (χ2v) is 9.60. The molecular formula is C28H28FN5O4. The lowest BCUT2D eigenvalue weighted by molar-refractivity contribution is -0.120. The van der Waals surface area contributed by atoms with Gasteiger partial charge >= 0.3 is 6.03 Å². The van der Waals surface area contributed by atoms with Gasteiger partial charge < -0.3 is 20.1 Å². The normalized spacial score (nSPS) is 18.7. The molecule has 5 rings (SSSR count). The smallest absolute Gasteiger partial charge is 0.342 e. The maximum Gasteiger partial charge on any atom is 0.342 e. The van der Waals surface area contributed by atoms with E-state index in [2.05, 4.69) is 27.2 Å². The first kappa shape index (κ1) is 25.6. The first-order chi connectivity index (χ1) is 18.3. The van der Waals surface area contributed by atoms with Crippen molar-refractivity contribution in [2.24, 2.45) is 0 Å². The Kier molecular flexibility index (Phi) is 7.22. The van der Waals surface area contributed by atoms with E-state index >= 15 is 0 Å². The fourth-order valence-electron chi connectivity index (χ4n) is 4.63. The minimum Gasteiger partial charge on any atom is -0.381 e. The summed E-state index contributed by atoms with van der Waals surface area (Å²) in [6.45, 7) is 0.952. The molecule has 0 aliphatic carbocycles. The number of aliphatic hydroxyl groups is 1. The van der Waals surface area contributed by atoms with Crippen molar-refractivity contribution >= 4 is 17.6 Å². The van der Waals surface area contributed by atoms with E-state index in [1.54, 1.807) is 25.4 Å². The predicted molar refractivity (Wildman–Crippen MR) is 137 cm³/mol. The van der Waals surface area contributed by atoms with E-state index in [4.69, 9.17) is 4.74 Å². The summed E-state index contributed by atoms with van der Waals surface area (Å²) in [6.07, 6.45) is 5.31. The number of aromatic nitrogens is 3. The standard InChI is InChI=1S/C28H28FN5O4/c1-33-24-16-19(9-10-28(37)11-13-38-14-12-28)5-6-21(24)7-8-23(26(33)35)32-27(36)34-18-20(17-30-34)15-22-3-2-4-25(29)31-22/h2-6,16-18,23,37H,7-8,11-15H2,1H3,(H,32,36)/t23-/m0/s1. The quantitative estimate of drug-likeness (QED) is 0.408. The van der Waals surface area contributed by atoms with Gasteiger partial charge in [0.15, 0.2) is 0 Å². The van der Waals surface area contributed by atoms with Crippen LogP contribution in [0.4, 0.5) is 14.9 Å². The van der Waals surface area contributed by atoms with Crippen LogP contribution in [0.5, 0.6) is 0 Å². The zero-order chi connectivity index (χ0) is 26.7. The Bertz CT molecular complexity index is 1420. The largest absolute Gasteiger partial charge is 0.381 e. The van der Waals surface area contributed by atoms with Gasteiger partial charge in [-0.1, -0.05) is 24.0 Å². The van der Waals surface area contributed by atoms with Gasteiger partial charge in [-0.05, 0) is 48.2 Å². The second-order valence-electron chi connectivity index (χ2n) is 9.60. The number of nitrogens with zero attached hydrogens (tertiary/aromatic N) is 4. The number of hydrogen-bond donors (Lipinski definition) is 2. The Morgan fingerprint density at radius 1 is 1.29 bits per heavy atom. The molecule has 10 heteroatoms. The van der Waals surface area contributed by atoms with Gasteiger partial charge in [-0.3, -0.25) is 4.79 Å². The van der Waals surface area contributed by atoms with E-state index in [0.29, 0.717) is 62.1 Å². The topological polar surface area (TPSA) is 110 Å². The summed E-state index contributed by atoms with van der Waals surface area (Å²) in [5, 5.41) is 17.5. The molecule has 196 valence electrons. The number of carbonyl (C=O) groups excluding carboxylic acids is 2. The van der Waals surface area contributed by atoms with Gasteiger partial charge in [-0.2, -0.15) is 14.2 Å². The van der Waals surface area contributed by atoms with E-state index in [1.807, 2.05) is 18.2 Å². The zero-order valence-corrected chi connectivity index (χ0v) is 21.0. The average Bonchev–Trinajstić information content (AvgIpc) is 3.34. The minimum absolute atomic E-state index is 0.249. The highest BCUT2D eigenvalue weighted by Crippen LogP contribution is 2.28. The van der Waals surface area contributed by atoms with E-state index in [-0.39, 0.29) is 5.91 Å². The number of likely N-dealkylation sites (N-methyl/N-ethyl adjacent to an activating group) is 1. The maximum atomic E-state index is 13.4. The highest BCUT2D eigenvalue weighted by atomic mass is 19.1. The number of halogens is 1. The molecule has 9 nitrogen and oxygen atoms in total. The maximum absolute atomic E-state index is 13.4. The molecule has 2 amide bonds. The Labute approximate surface area is 219 Å². The van der Waals surface area contributed by atoms with Crippen LogP contribution in [0, 0.1) is 17.8 Å². The molecule has 1 saturated heterocycles. The highest BCUT2D eigenvalue weighted by Gasteiger charge is 2.30. The number of nitrogens with one attached hydrogen (secondary N) is 1. The summed E-state index contributed by atoms with van der Waals surface area (Å²) in [5.74, 6) is 5.20.